The van der Waals surface area contributed by atoms with E-state index in [4.69, 9.17) is 24.0 Å². The van der Waals surface area contributed by atoms with Crippen LogP contribution < -0.4 is 9.47 Å². The molecule has 0 N–H and O–H groups in total. The monoisotopic (exact) mass is 406 g/mol. The third-order valence-corrected chi connectivity index (χ3v) is 5.32. The molecule has 1 fully saturated rings. The molecule has 7 heteroatoms. The van der Waals surface area contributed by atoms with E-state index in [1.54, 1.807) is 21.3 Å². The summed E-state index contributed by atoms with van der Waals surface area (Å²) >= 11 is 0. The van der Waals surface area contributed by atoms with Gasteiger partial charge in [0, 0.05) is 31.7 Å². The molecule has 0 unspecified atom stereocenters. The van der Waals surface area contributed by atoms with Crippen molar-refractivity contribution in [3.8, 4) is 11.5 Å². The molecular weight excluding hydrogens is 372 g/mol. The fraction of sp³-hybridized carbons (Fsp3) is 0.636. The molecule has 1 aromatic rings. The smallest absolute Gasteiger partial charge is 0.306 e. The normalized spacial score (nSPS) is 18.7. The van der Waals surface area contributed by atoms with Crippen LogP contribution in [0.15, 0.2) is 23.3 Å². The van der Waals surface area contributed by atoms with E-state index >= 15 is 0 Å². The van der Waals surface area contributed by atoms with Gasteiger partial charge in [-0.3, -0.25) is 9.80 Å². The van der Waals surface area contributed by atoms with Crippen molar-refractivity contribution in [2.24, 2.45) is 11.0 Å². The Morgan fingerprint density at radius 1 is 1.28 bits per heavy atom. The molecule has 29 heavy (non-hydrogen) atoms. The maximum Gasteiger partial charge on any atom is 0.306 e. The van der Waals surface area contributed by atoms with E-state index in [-0.39, 0.29) is 24.2 Å². The molecule has 1 aromatic carbocycles. The van der Waals surface area contributed by atoms with Crippen molar-refractivity contribution in [1.29, 1.82) is 0 Å². The summed E-state index contributed by atoms with van der Waals surface area (Å²) in [6.45, 7) is 5.86. The van der Waals surface area contributed by atoms with Crippen LogP contribution in [0.2, 0.25) is 0 Å². The van der Waals surface area contributed by atoms with E-state index < -0.39 is 0 Å². The van der Waals surface area contributed by atoms with Gasteiger partial charge in [-0.25, -0.2) is 0 Å². The average molecular weight is 407 g/mol. The van der Waals surface area contributed by atoms with E-state index in [1.165, 1.54) is 0 Å². The third-order valence-electron chi connectivity index (χ3n) is 5.32. The van der Waals surface area contributed by atoms with E-state index in [9.17, 15) is 4.79 Å². The molecule has 0 radical (unpaired) electrons. The summed E-state index contributed by atoms with van der Waals surface area (Å²) in [5.41, 5.74) is 0.990. The highest BCUT2D eigenvalue weighted by Crippen LogP contribution is 2.35. The number of hydrogen-bond acceptors (Lipinski definition) is 7. The molecule has 162 valence electrons. The number of carbonyl (C=O) groups excluding carboxylic acids is 1. The molecule has 1 heterocycles. The van der Waals surface area contributed by atoms with Gasteiger partial charge in [-0.2, -0.15) is 5.10 Å². The lowest BCUT2D eigenvalue weighted by Crippen LogP contribution is -2.29. The molecule has 0 bridgehead atoms. The van der Waals surface area contributed by atoms with E-state index in [0.29, 0.717) is 30.8 Å². The van der Waals surface area contributed by atoms with Gasteiger partial charge < -0.3 is 18.9 Å². The predicted octanol–water partition coefficient (Wildman–Crippen LogP) is 3.47. The van der Waals surface area contributed by atoms with Gasteiger partial charge in [0.2, 0.25) is 0 Å². The summed E-state index contributed by atoms with van der Waals surface area (Å²) in [5, 5.41) is 6.81. The van der Waals surface area contributed by atoms with Crippen LogP contribution in [0.3, 0.4) is 0 Å². The molecule has 3 atom stereocenters. The summed E-state index contributed by atoms with van der Waals surface area (Å²) in [6.07, 6.45) is 4.41. The Hall–Kier alpha value is -2.28. The second kappa shape index (κ2) is 11.7. The molecular formula is C22H34N2O5. The van der Waals surface area contributed by atoms with E-state index in [1.807, 2.05) is 31.3 Å². The van der Waals surface area contributed by atoms with Crippen molar-refractivity contribution in [1.82, 2.24) is 5.01 Å². The molecule has 0 amide bonds. The van der Waals surface area contributed by atoms with E-state index in [0.717, 1.165) is 24.9 Å². The zero-order chi connectivity index (χ0) is 21.2. The minimum Gasteiger partial charge on any atom is -0.493 e. The molecule has 1 saturated heterocycles. The molecule has 1 aliphatic rings. The quantitative estimate of drug-likeness (QED) is 0.414. The number of rotatable bonds is 11. The average Bonchev–Trinajstić information content (AvgIpc) is 3.17. The number of methoxy groups -OCH3 is 3. The summed E-state index contributed by atoms with van der Waals surface area (Å²) in [7, 11) is 4.93. The Morgan fingerprint density at radius 2 is 2.03 bits per heavy atom. The second-order valence-electron chi connectivity index (χ2n) is 7.27. The number of hydrazone groups is 1. The standard InChI is InChI=1S/C22H34N2O5/c1-6-29-22(25)13-19(17-9-10-20(27-4)21(12-17)28-5)16(2)14-23-24-11-7-8-18(24)15-26-3/h9-10,12,14,16,18-19H,6-8,11,13,15H2,1-5H3/b23-14+/t16-,18+,19+/m1/s1. The minimum absolute atomic E-state index is 0.0290. The predicted molar refractivity (Wildman–Crippen MR) is 113 cm³/mol. The Kier molecular flexibility index (Phi) is 9.25. The number of esters is 1. The Balaban J connectivity index is 2.22. The Morgan fingerprint density at radius 3 is 2.69 bits per heavy atom. The fourth-order valence-corrected chi connectivity index (χ4v) is 3.72. The van der Waals surface area contributed by atoms with Crippen LogP contribution >= 0.6 is 0 Å². The molecule has 0 aromatic heterocycles. The summed E-state index contributed by atoms with van der Waals surface area (Å²) in [5.74, 6) is 1.03. The SMILES string of the molecule is CCOC(=O)C[C@H](c1ccc(OC)c(OC)c1)[C@H](C)/C=N/N1CCC[C@H]1COC. The highest BCUT2D eigenvalue weighted by atomic mass is 16.5. The molecule has 0 spiro atoms. The minimum atomic E-state index is -0.217. The van der Waals surface area contributed by atoms with Crippen LogP contribution in [0.1, 0.15) is 44.6 Å². The number of carbonyl (C=O) groups is 1. The number of ether oxygens (including phenoxy) is 4. The van der Waals surface area contributed by atoms with Crippen molar-refractivity contribution in [2.75, 3.05) is 41.1 Å². The van der Waals surface area contributed by atoms with Gasteiger partial charge in [-0.1, -0.05) is 13.0 Å². The van der Waals surface area contributed by atoms with Gasteiger partial charge in [-0.05, 0) is 37.5 Å². The molecule has 0 aliphatic carbocycles. The highest BCUT2D eigenvalue weighted by Gasteiger charge is 2.26. The number of benzene rings is 1. The van der Waals surface area contributed by atoms with E-state index in [2.05, 4.69) is 11.9 Å². The van der Waals surface area contributed by atoms with Crippen molar-refractivity contribution in [2.45, 2.75) is 45.1 Å². The van der Waals surface area contributed by atoms with Crippen LogP contribution in [0.25, 0.3) is 0 Å². The molecule has 1 aliphatic heterocycles. The summed E-state index contributed by atoms with van der Waals surface area (Å²) in [4.78, 5) is 12.3. The lowest BCUT2D eigenvalue weighted by atomic mass is 9.85. The zero-order valence-corrected chi connectivity index (χ0v) is 18.2. The highest BCUT2D eigenvalue weighted by molar-refractivity contribution is 5.72. The summed E-state index contributed by atoms with van der Waals surface area (Å²) in [6, 6.07) is 6.08. The van der Waals surface area contributed by atoms with Gasteiger partial charge in [0.15, 0.2) is 11.5 Å². The molecule has 2 rings (SSSR count). The first-order valence-electron chi connectivity index (χ1n) is 10.2. The largest absolute Gasteiger partial charge is 0.493 e. The second-order valence-corrected chi connectivity index (χ2v) is 7.27. The lowest BCUT2D eigenvalue weighted by molar-refractivity contribution is -0.143. The topological polar surface area (TPSA) is 69.6 Å². The van der Waals surface area contributed by atoms with Crippen molar-refractivity contribution < 1.29 is 23.7 Å². The Labute approximate surface area is 174 Å². The van der Waals surface area contributed by atoms with Gasteiger partial charge in [0.1, 0.15) is 0 Å². The van der Waals surface area contributed by atoms with Crippen LogP contribution in [-0.2, 0) is 14.3 Å². The maximum absolute atomic E-state index is 12.3. The number of hydrogen-bond donors (Lipinski definition) is 0. The first kappa shape index (κ1) is 23.0. The van der Waals surface area contributed by atoms with Crippen molar-refractivity contribution >= 4 is 12.2 Å². The van der Waals surface area contributed by atoms with Crippen molar-refractivity contribution in [3.05, 3.63) is 23.8 Å². The summed E-state index contributed by atoms with van der Waals surface area (Å²) < 4.78 is 21.3. The van der Waals surface area contributed by atoms with Crippen molar-refractivity contribution in [3.63, 3.8) is 0 Å². The van der Waals surface area contributed by atoms with Gasteiger partial charge in [0.05, 0.1) is 39.9 Å². The fourth-order valence-electron chi connectivity index (χ4n) is 3.72. The molecule has 0 saturated carbocycles. The van der Waals surface area contributed by atoms with Gasteiger partial charge in [-0.15, -0.1) is 0 Å². The van der Waals surface area contributed by atoms with Crippen LogP contribution in [0, 0.1) is 5.92 Å². The number of nitrogens with zero attached hydrogens (tertiary/aromatic N) is 2. The van der Waals surface area contributed by atoms with Crippen LogP contribution in [0.5, 0.6) is 11.5 Å². The van der Waals surface area contributed by atoms with Gasteiger partial charge in [0.25, 0.3) is 0 Å². The molecule has 7 nitrogen and oxygen atoms in total. The third kappa shape index (κ3) is 6.35. The maximum atomic E-state index is 12.3. The zero-order valence-electron chi connectivity index (χ0n) is 18.2. The lowest BCUT2D eigenvalue weighted by Gasteiger charge is -2.24. The Bertz CT molecular complexity index is 679. The first-order chi connectivity index (χ1) is 14.0. The first-order valence-corrected chi connectivity index (χ1v) is 10.2. The van der Waals surface area contributed by atoms with Gasteiger partial charge >= 0.3 is 5.97 Å². The van der Waals surface area contributed by atoms with Crippen LogP contribution in [0.4, 0.5) is 0 Å². The van der Waals surface area contributed by atoms with Crippen LogP contribution in [-0.4, -0.2) is 64.3 Å².